The van der Waals surface area contributed by atoms with Gasteiger partial charge in [-0.3, -0.25) is 0 Å². The van der Waals surface area contributed by atoms with E-state index in [9.17, 15) is 24.7 Å². The summed E-state index contributed by atoms with van der Waals surface area (Å²) in [5.74, 6) is 0. The summed E-state index contributed by atoms with van der Waals surface area (Å²) in [5.41, 5.74) is 10.00. The third-order valence-corrected chi connectivity index (χ3v) is 25.0. The van der Waals surface area contributed by atoms with Crippen LogP contribution in [-0.4, -0.2) is 15.8 Å². The predicted octanol–water partition coefficient (Wildman–Crippen LogP) is 29.2. The quantitative estimate of drug-likeness (QED) is 0.111. The van der Waals surface area contributed by atoms with E-state index < -0.39 is 109 Å². The van der Waals surface area contributed by atoms with Crippen molar-refractivity contribution in [3.63, 3.8) is 0 Å². The smallest absolute Gasteiger partial charge is 0.252 e. The Balaban J connectivity index is 0.924. The molecule has 554 valence electrons. The van der Waals surface area contributed by atoms with Crippen LogP contribution >= 0.6 is 0 Å². The zero-order valence-electron chi connectivity index (χ0n) is 82.6. The summed E-state index contributed by atoms with van der Waals surface area (Å²) in [5, 5.41) is 14.7. The summed E-state index contributed by atoms with van der Waals surface area (Å²) in [6.07, 6.45) is 0. The number of aromatic nitrogens is 2. The fourth-order valence-corrected chi connectivity index (χ4v) is 19.9. The Kier molecular flexibility index (Phi) is 11.2. The molecule has 4 nitrogen and oxygen atoms in total. The van der Waals surface area contributed by atoms with Crippen LogP contribution in [0, 0.1) is 0 Å². The van der Waals surface area contributed by atoms with E-state index in [2.05, 4.69) is 249 Å². The predicted molar refractivity (Wildman–Crippen MR) is 510 cm³/mol. The molecule has 0 radical (unpaired) electrons. The lowest BCUT2D eigenvalue weighted by Crippen LogP contribution is -2.61. The molecule has 0 spiro atoms. The second-order valence-corrected chi connectivity index (χ2v) is 32.3. The second-order valence-electron chi connectivity index (χ2n) is 32.3. The molecule has 119 heavy (non-hydrogen) atoms. The largest absolute Gasteiger partial charge is 0.310 e. The number of anilines is 6. The highest BCUT2D eigenvalue weighted by Gasteiger charge is 2.47. The van der Waals surface area contributed by atoms with Crippen LogP contribution in [0.2, 0.25) is 0 Å². The number of nitrogens with zero attached hydrogens (tertiary/aromatic N) is 4. The van der Waals surface area contributed by atoms with Gasteiger partial charge >= 0.3 is 0 Å². The lowest BCUT2D eigenvalue weighted by atomic mass is 9.33. The van der Waals surface area contributed by atoms with E-state index in [1.807, 2.05) is 60.7 Å². The van der Waals surface area contributed by atoms with E-state index >= 15 is 0 Å². The maximum absolute atomic E-state index is 11.8. The summed E-state index contributed by atoms with van der Waals surface area (Å²) in [6, 6.07) is 90.0. The fourth-order valence-electron chi connectivity index (χ4n) is 19.9. The number of hydrogen-bond acceptors (Lipinski definition) is 2. The van der Waals surface area contributed by atoms with Gasteiger partial charge in [-0.05, 0) is 196 Å². The van der Waals surface area contributed by atoms with Crippen molar-refractivity contribution < 1.29 is 24.7 Å². The molecule has 0 amide bonds. The topological polar surface area (TPSA) is 16.3 Å². The van der Waals surface area contributed by atoms with Gasteiger partial charge in [-0.25, -0.2) is 0 Å². The maximum Gasteiger partial charge on any atom is 0.252 e. The molecule has 0 unspecified atom stereocenters. The highest BCUT2D eigenvalue weighted by Crippen LogP contribution is 2.57. The van der Waals surface area contributed by atoms with Gasteiger partial charge in [0.1, 0.15) is 0 Å². The van der Waals surface area contributed by atoms with Crippen LogP contribution in [0.3, 0.4) is 0 Å². The number of benzene rings is 21. The molecular weight excluding hydrogens is 1440 g/mol. The van der Waals surface area contributed by atoms with E-state index in [0.717, 1.165) is 136 Å². The van der Waals surface area contributed by atoms with E-state index in [0.29, 0.717) is 50.5 Å². The van der Waals surface area contributed by atoms with Crippen molar-refractivity contribution in [2.24, 2.45) is 0 Å². The average Bonchev–Trinajstić information content (AvgIpc) is 1.09. The third kappa shape index (κ3) is 9.94. The number of rotatable bonds is 8. The minimum Gasteiger partial charge on any atom is -0.310 e. The van der Waals surface area contributed by atoms with Crippen LogP contribution in [0.4, 0.5) is 34.1 Å². The average molecular weight is 1530 g/mol. The molecule has 21 aromatic carbocycles. The van der Waals surface area contributed by atoms with Crippen molar-refractivity contribution in [2.45, 2.75) is 26.2 Å². The SMILES string of the molecule is [2H]c1cc(-n2c3c([2H])c([2H])c([2H])c([2H])c3c3c([2H])c([2H])c([2H])c([2H])c32)cc2c1B1c3c([2H])cc(-n4c5c([2H])c([2H])c([2H])c([2H])c5c5c([2H])c([2H])c([2H])c([2H])c54)cc3N(c3c(-c4cccc5ccc6ccccc6c45)cccc3-c3cccc4ccc5ccccc5c34)c3cc(C(C)(C)C)cc(c31)N2c1c(-c2cccc3ccc4ccccc4c23)cccc1-c1cccc2ccc3ccccc3c12. The van der Waals surface area contributed by atoms with Crippen molar-refractivity contribution in [2.75, 3.05) is 9.80 Å². The number of hydrogen-bond donors (Lipinski definition) is 0. The zero-order valence-corrected chi connectivity index (χ0v) is 64.6. The third-order valence-electron chi connectivity index (χ3n) is 25.0. The molecular formula is C114H75BN4. The van der Waals surface area contributed by atoms with Crippen molar-refractivity contribution in [3.05, 3.63) is 406 Å². The number of para-hydroxylation sites is 6. The lowest BCUT2D eigenvalue weighted by molar-refractivity contribution is 0.590. The Bertz CT molecular complexity index is 8550. The van der Waals surface area contributed by atoms with Crippen LogP contribution in [0.1, 0.15) is 51.0 Å². The standard InChI is InChI=1S/C114H75BN4/c1-114(2,3)78-66-105-111-106(67-78)119(113-95(91-44-22-32-76-60-56-72-28-6-10-36-83(72)109(76)91)48-25-49-96(113)92-45-23-33-77-61-57-73-29-7-11-37-84(73)110(77)92)104-69-80(117-101-52-18-14-40-87(101)88-41-15-19-53-102(88)117)63-65-98(104)115(111)97-64-62-79(116-99-50-16-12-38-85(99)86-39-13-17-51-100(86)116)68-103(97)118(105)112-93(89-42-20-30-74-58-54-70-26-4-8-34-81(70)107(74)89)46-24-47-94(112)90-43-21-31-75-59-55-71-27-5-9-35-82(71)108(75)90/h4-69H,1-3H3/i12D,13D,14D,15D,16D,17D,18D,19D,38D,39D,40D,41D,50D,51D,52D,53D,64D,65D. The molecule has 5 heteroatoms. The van der Waals surface area contributed by atoms with Gasteiger partial charge in [0.05, 0.1) is 58.1 Å². The van der Waals surface area contributed by atoms with Gasteiger partial charge in [0, 0.05) is 77.9 Å². The Morgan fingerprint density at radius 1 is 0.244 bits per heavy atom. The normalized spacial score (nSPS) is 14.9. The summed E-state index contributed by atoms with van der Waals surface area (Å²) < 4.78 is 181. The molecule has 4 heterocycles. The van der Waals surface area contributed by atoms with Gasteiger partial charge < -0.3 is 18.9 Å². The van der Waals surface area contributed by atoms with Crippen LogP contribution in [0.25, 0.3) is 186 Å². The van der Waals surface area contributed by atoms with E-state index in [1.54, 1.807) is 12.1 Å². The van der Waals surface area contributed by atoms with Gasteiger partial charge in [-0.15, -0.1) is 0 Å². The van der Waals surface area contributed by atoms with Gasteiger partial charge in [-0.2, -0.15) is 0 Å². The van der Waals surface area contributed by atoms with Crippen molar-refractivity contribution in [1.82, 2.24) is 9.13 Å². The molecule has 0 bridgehead atoms. The molecule has 0 atom stereocenters. The van der Waals surface area contributed by atoms with E-state index in [1.165, 1.54) is 9.13 Å². The summed E-state index contributed by atoms with van der Waals surface area (Å²) >= 11 is 0. The molecule has 0 saturated heterocycles. The minimum atomic E-state index is -1.23. The van der Waals surface area contributed by atoms with E-state index in [-0.39, 0.29) is 67.1 Å². The van der Waals surface area contributed by atoms with Gasteiger partial charge in [0.15, 0.2) is 0 Å². The molecule has 2 aromatic heterocycles. The zero-order chi connectivity index (χ0) is 94.1. The number of fused-ring (bicyclic) bond motifs is 22. The van der Waals surface area contributed by atoms with Crippen molar-refractivity contribution >= 4 is 187 Å². The highest BCUT2D eigenvalue weighted by atomic mass is 15.2. The monoisotopic (exact) mass is 1530 g/mol. The van der Waals surface area contributed by atoms with Crippen molar-refractivity contribution in [1.29, 1.82) is 0 Å². The first-order chi connectivity index (χ1) is 66.2. The summed E-state index contributed by atoms with van der Waals surface area (Å²) in [7, 11) is 0. The Morgan fingerprint density at radius 3 is 0.824 bits per heavy atom. The second kappa shape index (κ2) is 25.7. The molecule has 2 aliphatic rings. The molecule has 0 aliphatic carbocycles. The van der Waals surface area contributed by atoms with Crippen LogP contribution in [0.5, 0.6) is 0 Å². The van der Waals surface area contributed by atoms with Crippen LogP contribution < -0.4 is 26.2 Å². The van der Waals surface area contributed by atoms with Crippen LogP contribution in [0.15, 0.2) is 400 Å². The highest BCUT2D eigenvalue weighted by molar-refractivity contribution is 7.00. The Hall–Kier alpha value is -15.0. The fraction of sp³-hybridized carbons (Fsp3) is 0.0351. The summed E-state index contributed by atoms with van der Waals surface area (Å²) in [4.78, 5) is 4.50. The first-order valence-corrected chi connectivity index (χ1v) is 40.2. The molecule has 0 N–H and O–H groups in total. The van der Waals surface area contributed by atoms with Gasteiger partial charge in [0.25, 0.3) is 6.71 Å². The molecule has 23 aromatic rings. The Morgan fingerprint density at radius 2 is 0.513 bits per heavy atom. The van der Waals surface area contributed by atoms with Crippen LogP contribution in [-0.2, 0) is 5.41 Å². The first kappa shape index (κ1) is 51.7. The van der Waals surface area contributed by atoms with Crippen molar-refractivity contribution in [3.8, 4) is 55.9 Å². The first-order valence-electron chi connectivity index (χ1n) is 49.2. The minimum absolute atomic E-state index is 0.0826. The van der Waals surface area contributed by atoms with E-state index in [4.69, 9.17) is 0 Å². The molecule has 0 saturated carbocycles. The lowest BCUT2D eigenvalue weighted by Gasteiger charge is -2.46. The molecule has 0 fully saturated rings. The van der Waals surface area contributed by atoms with Gasteiger partial charge in [-0.1, -0.05) is 360 Å². The molecule has 2 aliphatic heterocycles. The molecule has 25 rings (SSSR count). The summed E-state index contributed by atoms with van der Waals surface area (Å²) in [6.45, 7) is 5.24. The van der Waals surface area contributed by atoms with Gasteiger partial charge in [0.2, 0.25) is 0 Å². The Labute approximate surface area is 714 Å². The maximum atomic E-state index is 11.8.